The molecule has 0 aliphatic heterocycles. The Labute approximate surface area is 109 Å². The highest BCUT2D eigenvalue weighted by Crippen LogP contribution is 2.41. The summed E-state index contributed by atoms with van der Waals surface area (Å²) in [6.45, 7) is 7.26. The van der Waals surface area contributed by atoms with Gasteiger partial charge < -0.3 is 10.3 Å². The number of hydrogen-bond acceptors (Lipinski definition) is 2. The highest BCUT2D eigenvalue weighted by Gasteiger charge is 2.35. The molecule has 1 heterocycles. The molecular weight excluding hydrogens is 226 g/mol. The zero-order valence-corrected chi connectivity index (χ0v) is 11.5. The summed E-state index contributed by atoms with van der Waals surface area (Å²) in [4.78, 5) is 19.3. The maximum atomic E-state index is 12.2. The maximum Gasteiger partial charge on any atom is 0.223 e. The number of rotatable bonds is 3. The minimum atomic E-state index is 0.152. The van der Waals surface area contributed by atoms with Crippen LogP contribution in [-0.4, -0.2) is 15.9 Å². The number of amides is 1. The smallest absolute Gasteiger partial charge is 0.223 e. The van der Waals surface area contributed by atoms with Gasteiger partial charge in [0.05, 0.1) is 6.54 Å². The molecule has 0 radical (unpaired) electrons. The molecule has 1 aromatic rings. The summed E-state index contributed by atoms with van der Waals surface area (Å²) in [5.41, 5.74) is 0.282. The number of imidazole rings is 1. The molecule has 0 aromatic carbocycles. The fourth-order valence-corrected chi connectivity index (χ4v) is 3.26. The lowest BCUT2D eigenvalue weighted by atomic mass is 9.68. The van der Waals surface area contributed by atoms with Crippen LogP contribution in [0.4, 0.5) is 0 Å². The van der Waals surface area contributed by atoms with Gasteiger partial charge in [-0.2, -0.15) is 0 Å². The van der Waals surface area contributed by atoms with Gasteiger partial charge in [-0.15, -0.1) is 0 Å². The van der Waals surface area contributed by atoms with Gasteiger partial charge in [-0.25, -0.2) is 4.98 Å². The molecule has 1 aliphatic rings. The highest BCUT2D eigenvalue weighted by atomic mass is 16.1. The van der Waals surface area contributed by atoms with Gasteiger partial charge >= 0.3 is 0 Å². The summed E-state index contributed by atoms with van der Waals surface area (Å²) in [6.07, 6.45) is 6.68. The van der Waals surface area contributed by atoms with Crippen LogP contribution >= 0.6 is 0 Å². The fourth-order valence-electron chi connectivity index (χ4n) is 3.26. The third-order valence-corrected chi connectivity index (χ3v) is 3.74. The van der Waals surface area contributed by atoms with E-state index < -0.39 is 0 Å². The van der Waals surface area contributed by atoms with Crippen molar-refractivity contribution >= 4 is 5.91 Å². The Morgan fingerprint density at radius 3 is 2.94 bits per heavy atom. The van der Waals surface area contributed by atoms with Crippen molar-refractivity contribution in [3.05, 3.63) is 18.2 Å². The summed E-state index contributed by atoms with van der Waals surface area (Å²) in [5.74, 6) is 1.77. The van der Waals surface area contributed by atoms with Crippen molar-refractivity contribution in [1.82, 2.24) is 15.3 Å². The normalized spacial score (nSPS) is 26.8. The fraction of sp³-hybridized carbons (Fsp3) is 0.714. The number of carbonyl (C=O) groups excluding carboxylic acids is 1. The largest absolute Gasteiger partial charge is 0.349 e. The molecule has 2 atom stereocenters. The SMILES string of the molecule is C[C@H]1C[C@@H](C(=O)NCc2ncc[nH]2)CC(C)(C)C1. The second-order valence-electron chi connectivity index (χ2n) is 6.36. The Morgan fingerprint density at radius 2 is 2.33 bits per heavy atom. The Balaban J connectivity index is 1.88. The molecular formula is C14H23N3O. The van der Waals surface area contributed by atoms with Gasteiger partial charge in [-0.1, -0.05) is 20.8 Å². The molecule has 2 rings (SSSR count). The molecule has 1 aliphatic carbocycles. The van der Waals surface area contributed by atoms with Gasteiger partial charge in [0.1, 0.15) is 5.82 Å². The van der Waals surface area contributed by atoms with Crippen LogP contribution in [-0.2, 0) is 11.3 Å². The van der Waals surface area contributed by atoms with Crippen LogP contribution in [0.15, 0.2) is 12.4 Å². The summed E-state index contributed by atoms with van der Waals surface area (Å²) >= 11 is 0. The lowest BCUT2D eigenvalue weighted by Crippen LogP contribution is -2.38. The van der Waals surface area contributed by atoms with Crippen molar-refractivity contribution in [3.63, 3.8) is 0 Å². The monoisotopic (exact) mass is 249 g/mol. The van der Waals surface area contributed by atoms with Gasteiger partial charge in [-0.05, 0) is 30.6 Å². The zero-order valence-electron chi connectivity index (χ0n) is 11.5. The molecule has 0 spiro atoms. The Kier molecular flexibility index (Phi) is 3.73. The van der Waals surface area contributed by atoms with E-state index in [1.165, 1.54) is 6.42 Å². The Morgan fingerprint density at radius 1 is 1.56 bits per heavy atom. The first-order valence-corrected chi connectivity index (χ1v) is 6.72. The molecule has 1 fully saturated rings. The minimum Gasteiger partial charge on any atom is -0.349 e. The van der Waals surface area contributed by atoms with E-state index in [1.54, 1.807) is 12.4 Å². The van der Waals surface area contributed by atoms with Crippen LogP contribution in [0.25, 0.3) is 0 Å². The first kappa shape index (κ1) is 13.1. The van der Waals surface area contributed by atoms with Crippen LogP contribution in [0.2, 0.25) is 0 Å². The molecule has 18 heavy (non-hydrogen) atoms. The topological polar surface area (TPSA) is 57.8 Å². The van der Waals surface area contributed by atoms with E-state index in [0.717, 1.165) is 18.7 Å². The first-order chi connectivity index (χ1) is 8.46. The lowest BCUT2D eigenvalue weighted by Gasteiger charge is -2.38. The summed E-state index contributed by atoms with van der Waals surface area (Å²) in [6, 6.07) is 0. The quantitative estimate of drug-likeness (QED) is 0.864. The summed E-state index contributed by atoms with van der Waals surface area (Å²) in [7, 11) is 0. The average Bonchev–Trinajstić information content (AvgIpc) is 2.75. The molecule has 1 amide bonds. The van der Waals surface area contributed by atoms with Crippen molar-refractivity contribution in [3.8, 4) is 0 Å². The van der Waals surface area contributed by atoms with Crippen LogP contribution < -0.4 is 5.32 Å². The highest BCUT2D eigenvalue weighted by molar-refractivity contribution is 5.78. The Hall–Kier alpha value is -1.32. The van der Waals surface area contributed by atoms with E-state index >= 15 is 0 Å². The van der Waals surface area contributed by atoms with Gasteiger partial charge in [0.15, 0.2) is 0 Å². The molecule has 4 heteroatoms. The minimum absolute atomic E-state index is 0.152. The zero-order chi connectivity index (χ0) is 13.2. The number of nitrogens with zero attached hydrogens (tertiary/aromatic N) is 1. The third kappa shape index (κ3) is 3.34. The molecule has 4 nitrogen and oxygen atoms in total. The second-order valence-corrected chi connectivity index (χ2v) is 6.36. The number of aromatic amines is 1. The van der Waals surface area contributed by atoms with Crippen LogP contribution in [0, 0.1) is 17.3 Å². The first-order valence-electron chi connectivity index (χ1n) is 6.72. The van der Waals surface area contributed by atoms with Crippen molar-refractivity contribution in [2.45, 2.75) is 46.6 Å². The average molecular weight is 249 g/mol. The maximum absolute atomic E-state index is 12.2. The van der Waals surface area contributed by atoms with Crippen LogP contribution in [0.3, 0.4) is 0 Å². The lowest BCUT2D eigenvalue weighted by molar-refractivity contribution is -0.128. The van der Waals surface area contributed by atoms with Gasteiger partial charge in [-0.3, -0.25) is 4.79 Å². The van der Waals surface area contributed by atoms with Crippen molar-refractivity contribution < 1.29 is 4.79 Å². The number of carbonyl (C=O) groups is 1. The van der Waals surface area contributed by atoms with E-state index in [0.29, 0.717) is 12.5 Å². The van der Waals surface area contributed by atoms with Gasteiger partial charge in [0.2, 0.25) is 5.91 Å². The van der Waals surface area contributed by atoms with E-state index in [4.69, 9.17) is 0 Å². The number of H-pyrrole nitrogens is 1. The number of aromatic nitrogens is 2. The van der Waals surface area contributed by atoms with Gasteiger partial charge in [0, 0.05) is 18.3 Å². The van der Waals surface area contributed by atoms with Crippen molar-refractivity contribution in [2.75, 3.05) is 0 Å². The number of hydrogen-bond donors (Lipinski definition) is 2. The predicted molar refractivity (Wildman–Crippen MR) is 70.7 cm³/mol. The van der Waals surface area contributed by atoms with Crippen LogP contribution in [0.5, 0.6) is 0 Å². The van der Waals surface area contributed by atoms with E-state index in [2.05, 4.69) is 36.1 Å². The molecule has 2 N–H and O–H groups in total. The van der Waals surface area contributed by atoms with Crippen LogP contribution in [0.1, 0.15) is 45.9 Å². The van der Waals surface area contributed by atoms with Crippen molar-refractivity contribution in [2.24, 2.45) is 17.3 Å². The molecule has 0 unspecified atom stereocenters. The molecule has 100 valence electrons. The second kappa shape index (κ2) is 5.12. The van der Waals surface area contributed by atoms with E-state index in [9.17, 15) is 4.79 Å². The van der Waals surface area contributed by atoms with E-state index in [1.807, 2.05) is 0 Å². The molecule has 0 saturated heterocycles. The molecule has 1 aromatic heterocycles. The Bertz CT molecular complexity index is 397. The summed E-state index contributed by atoms with van der Waals surface area (Å²) in [5, 5.41) is 2.98. The van der Waals surface area contributed by atoms with E-state index in [-0.39, 0.29) is 17.2 Å². The van der Waals surface area contributed by atoms with Gasteiger partial charge in [0.25, 0.3) is 0 Å². The molecule has 1 saturated carbocycles. The molecule has 0 bridgehead atoms. The standard InChI is InChI=1S/C14H23N3O/c1-10-6-11(8-14(2,3)7-10)13(18)17-9-12-15-4-5-16-12/h4-5,10-11H,6-9H2,1-3H3,(H,15,16)(H,17,18)/t10-,11+/m0/s1. The third-order valence-electron chi connectivity index (χ3n) is 3.74. The number of nitrogens with one attached hydrogen (secondary N) is 2. The summed E-state index contributed by atoms with van der Waals surface area (Å²) < 4.78 is 0. The predicted octanol–water partition coefficient (Wildman–Crippen LogP) is 2.49. The van der Waals surface area contributed by atoms with Crippen molar-refractivity contribution in [1.29, 1.82) is 0 Å².